The molecule has 5 nitrogen and oxygen atoms in total. The summed E-state index contributed by atoms with van der Waals surface area (Å²) >= 11 is 0. The van der Waals surface area contributed by atoms with Crippen LogP contribution >= 0.6 is 0 Å². The van der Waals surface area contributed by atoms with Gasteiger partial charge in [-0.2, -0.15) is 0 Å². The van der Waals surface area contributed by atoms with Crippen molar-refractivity contribution in [2.24, 2.45) is 5.92 Å². The van der Waals surface area contributed by atoms with Crippen LogP contribution in [0.5, 0.6) is 5.88 Å². The molecular formula is C17H26N2O3. The second kappa shape index (κ2) is 7.58. The largest absolute Gasteiger partial charge is 0.478 e. The quantitative estimate of drug-likeness (QED) is 0.875. The third-order valence-corrected chi connectivity index (χ3v) is 4.08. The topological polar surface area (TPSA) is 60.5 Å². The van der Waals surface area contributed by atoms with Crippen LogP contribution in [0.1, 0.15) is 46.5 Å². The standard InChI is InChI=1S/C17H26N2O3/c1-4-21-15-9-8-14(12-18-15)19-16(20)17(22-5-2)10-6-7-13(3)11-17/h8-9,12-13H,4-7,10-11H2,1-3H3,(H,19,20)/t13-,17-/m0/s1. The van der Waals surface area contributed by atoms with Gasteiger partial charge < -0.3 is 14.8 Å². The minimum atomic E-state index is -0.703. The summed E-state index contributed by atoms with van der Waals surface area (Å²) in [5.41, 5.74) is -0.0314. The normalized spacial score (nSPS) is 24.8. The van der Waals surface area contributed by atoms with E-state index in [1.54, 1.807) is 12.3 Å². The monoisotopic (exact) mass is 306 g/mol. The van der Waals surface area contributed by atoms with Crippen LogP contribution in [0.15, 0.2) is 18.3 Å². The fourth-order valence-corrected chi connectivity index (χ4v) is 3.11. The number of nitrogens with zero attached hydrogens (tertiary/aromatic N) is 1. The van der Waals surface area contributed by atoms with E-state index in [1.165, 1.54) is 0 Å². The van der Waals surface area contributed by atoms with Crippen LogP contribution in [0.25, 0.3) is 0 Å². The number of carbonyl (C=O) groups excluding carboxylic acids is 1. The Morgan fingerprint density at radius 1 is 1.41 bits per heavy atom. The molecule has 2 atom stereocenters. The molecule has 0 aromatic carbocycles. The number of pyridine rings is 1. The number of rotatable bonds is 6. The summed E-state index contributed by atoms with van der Waals surface area (Å²) in [7, 11) is 0. The second-order valence-electron chi connectivity index (χ2n) is 5.90. The van der Waals surface area contributed by atoms with Crippen molar-refractivity contribution < 1.29 is 14.3 Å². The summed E-state index contributed by atoms with van der Waals surface area (Å²) in [6.45, 7) is 7.14. The van der Waals surface area contributed by atoms with Crippen molar-refractivity contribution in [2.75, 3.05) is 18.5 Å². The van der Waals surface area contributed by atoms with E-state index in [0.717, 1.165) is 25.7 Å². The average molecular weight is 306 g/mol. The third-order valence-electron chi connectivity index (χ3n) is 4.08. The summed E-state index contributed by atoms with van der Waals surface area (Å²) in [4.78, 5) is 16.9. The highest BCUT2D eigenvalue weighted by Crippen LogP contribution is 2.36. The van der Waals surface area contributed by atoms with Gasteiger partial charge in [0, 0.05) is 12.7 Å². The maximum Gasteiger partial charge on any atom is 0.256 e. The number of ether oxygens (including phenoxy) is 2. The van der Waals surface area contributed by atoms with Crippen molar-refractivity contribution in [1.29, 1.82) is 0 Å². The molecule has 122 valence electrons. The molecule has 1 heterocycles. The summed E-state index contributed by atoms with van der Waals surface area (Å²) in [6.07, 6.45) is 5.36. The smallest absolute Gasteiger partial charge is 0.256 e. The van der Waals surface area contributed by atoms with Crippen LogP contribution in [0, 0.1) is 5.92 Å². The van der Waals surface area contributed by atoms with Gasteiger partial charge in [-0.05, 0) is 45.1 Å². The lowest BCUT2D eigenvalue weighted by atomic mass is 9.78. The number of anilines is 1. The predicted octanol–water partition coefficient (Wildman–Crippen LogP) is 3.40. The average Bonchev–Trinajstić information content (AvgIpc) is 2.50. The maximum atomic E-state index is 12.7. The lowest BCUT2D eigenvalue weighted by Crippen LogP contribution is -2.48. The molecule has 0 bridgehead atoms. The molecule has 1 amide bonds. The van der Waals surface area contributed by atoms with E-state index in [-0.39, 0.29) is 5.91 Å². The Hall–Kier alpha value is -1.62. The molecule has 1 aromatic heterocycles. The predicted molar refractivity (Wildman–Crippen MR) is 86.0 cm³/mol. The van der Waals surface area contributed by atoms with Gasteiger partial charge in [-0.3, -0.25) is 4.79 Å². The van der Waals surface area contributed by atoms with Gasteiger partial charge in [-0.25, -0.2) is 4.98 Å². The van der Waals surface area contributed by atoms with E-state index >= 15 is 0 Å². The van der Waals surface area contributed by atoms with Crippen molar-refractivity contribution in [3.05, 3.63) is 18.3 Å². The second-order valence-corrected chi connectivity index (χ2v) is 5.90. The summed E-state index contributed by atoms with van der Waals surface area (Å²) in [6, 6.07) is 3.57. The molecule has 1 aliphatic carbocycles. The van der Waals surface area contributed by atoms with Crippen LogP contribution in [-0.4, -0.2) is 29.7 Å². The Bertz CT molecular complexity index is 485. The van der Waals surface area contributed by atoms with Gasteiger partial charge in [0.25, 0.3) is 5.91 Å². The van der Waals surface area contributed by atoms with E-state index in [1.807, 2.05) is 19.9 Å². The van der Waals surface area contributed by atoms with Gasteiger partial charge in [-0.1, -0.05) is 13.3 Å². The molecule has 2 rings (SSSR count). The number of carbonyl (C=O) groups is 1. The fraction of sp³-hybridized carbons (Fsp3) is 0.647. The Balaban J connectivity index is 2.07. The van der Waals surface area contributed by atoms with E-state index < -0.39 is 5.60 Å². The lowest BCUT2D eigenvalue weighted by Gasteiger charge is -2.38. The van der Waals surface area contributed by atoms with Crippen LogP contribution in [0.2, 0.25) is 0 Å². The van der Waals surface area contributed by atoms with Crippen LogP contribution in [0.4, 0.5) is 5.69 Å². The highest BCUT2D eigenvalue weighted by molar-refractivity contribution is 5.97. The van der Waals surface area contributed by atoms with Gasteiger partial charge in [0.05, 0.1) is 18.5 Å². The molecule has 0 spiro atoms. The third kappa shape index (κ3) is 3.97. The zero-order valence-electron chi connectivity index (χ0n) is 13.7. The van der Waals surface area contributed by atoms with E-state index in [4.69, 9.17) is 9.47 Å². The Kier molecular flexibility index (Phi) is 5.77. The molecule has 1 aromatic rings. The molecule has 22 heavy (non-hydrogen) atoms. The van der Waals surface area contributed by atoms with E-state index in [9.17, 15) is 4.79 Å². The number of hydrogen-bond donors (Lipinski definition) is 1. The first-order valence-electron chi connectivity index (χ1n) is 8.14. The van der Waals surface area contributed by atoms with Crippen molar-refractivity contribution in [3.63, 3.8) is 0 Å². The molecule has 1 saturated carbocycles. The molecular weight excluding hydrogens is 280 g/mol. The molecule has 0 saturated heterocycles. The molecule has 0 radical (unpaired) electrons. The molecule has 5 heteroatoms. The minimum absolute atomic E-state index is 0.0631. The van der Waals surface area contributed by atoms with Gasteiger partial charge in [0.1, 0.15) is 5.60 Å². The maximum absolute atomic E-state index is 12.7. The highest BCUT2D eigenvalue weighted by Gasteiger charge is 2.42. The van der Waals surface area contributed by atoms with Gasteiger partial charge in [-0.15, -0.1) is 0 Å². The summed E-state index contributed by atoms with van der Waals surface area (Å²) in [5.74, 6) is 1.00. The van der Waals surface area contributed by atoms with E-state index in [2.05, 4.69) is 17.2 Å². The number of aromatic nitrogens is 1. The minimum Gasteiger partial charge on any atom is -0.478 e. The fourth-order valence-electron chi connectivity index (χ4n) is 3.11. The van der Waals surface area contributed by atoms with Crippen molar-refractivity contribution >= 4 is 11.6 Å². The van der Waals surface area contributed by atoms with Gasteiger partial charge in [0.15, 0.2) is 0 Å². The SMILES string of the molecule is CCOc1ccc(NC(=O)[C@]2(OCC)CCC[C@H](C)C2)cn1. The van der Waals surface area contributed by atoms with Crippen LogP contribution < -0.4 is 10.1 Å². The molecule has 0 unspecified atom stereocenters. The van der Waals surface area contributed by atoms with Crippen molar-refractivity contribution in [2.45, 2.75) is 52.1 Å². The summed E-state index contributed by atoms with van der Waals surface area (Å²) < 4.78 is 11.2. The first-order chi connectivity index (χ1) is 10.6. The Morgan fingerprint density at radius 3 is 2.82 bits per heavy atom. The zero-order chi connectivity index (χ0) is 16.0. The lowest BCUT2D eigenvalue weighted by molar-refractivity contribution is -0.147. The number of amides is 1. The molecule has 1 N–H and O–H groups in total. The zero-order valence-corrected chi connectivity index (χ0v) is 13.7. The molecule has 1 fully saturated rings. The first kappa shape index (κ1) is 16.7. The first-order valence-corrected chi connectivity index (χ1v) is 8.14. The number of nitrogens with one attached hydrogen (secondary N) is 1. The Morgan fingerprint density at radius 2 is 2.23 bits per heavy atom. The molecule has 0 aliphatic heterocycles. The highest BCUT2D eigenvalue weighted by atomic mass is 16.5. The van der Waals surface area contributed by atoms with Crippen molar-refractivity contribution in [3.8, 4) is 5.88 Å². The Labute approximate surface area is 132 Å². The van der Waals surface area contributed by atoms with Gasteiger partial charge >= 0.3 is 0 Å². The van der Waals surface area contributed by atoms with Gasteiger partial charge in [0.2, 0.25) is 5.88 Å². The van der Waals surface area contributed by atoms with Crippen LogP contribution in [0.3, 0.4) is 0 Å². The van der Waals surface area contributed by atoms with Crippen LogP contribution in [-0.2, 0) is 9.53 Å². The van der Waals surface area contributed by atoms with Crippen molar-refractivity contribution in [1.82, 2.24) is 4.98 Å². The summed E-state index contributed by atoms with van der Waals surface area (Å²) in [5, 5.41) is 2.95. The van der Waals surface area contributed by atoms with E-state index in [0.29, 0.717) is 30.7 Å². The number of hydrogen-bond acceptors (Lipinski definition) is 4. The molecule has 1 aliphatic rings.